The smallest absolute Gasteiger partial charge is 0.307 e. The summed E-state index contributed by atoms with van der Waals surface area (Å²) < 4.78 is 12.7. The van der Waals surface area contributed by atoms with Gasteiger partial charge in [-0.1, -0.05) is 93.0 Å². The van der Waals surface area contributed by atoms with Gasteiger partial charge in [-0.25, -0.2) is 0 Å². The Kier molecular flexibility index (Phi) is 8.74. The molecule has 3 unspecified atom stereocenters. The van der Waals surface area contributed by atoms with E-state index in [9.17, 15) is 9.59 Å². The van der Waals surface area contributed by atoms with Gasteiger partial charge in [0.25, 0.3) is 14.2 Å². The molecule has 0 spiro atoms. The van der Waals surface area contributed by atoms with E-state index in [1.807, 2.05) is 0 Å². The Hall–Kier alpha value is -2.93. The summed E-state index contributed by atoms with van der Waals surface area (Å²) in [7, 11) is -2.64. The van der Waals surface area contributed by atoms with Crippen LogP contribution in [0.15, 0.2) is 84.9 Å². The molecule has 1 N–H and O–H groups in total. The molecule has 1 amide bonds. The van der Waals surface area contributed by atoms with Crippen LogP contribution in [0.25, 0.3) is 0 Å². The van der Waals surface area contributed by atoms with Gasteiger partial charge in [0.05, 0.1) is 13.0 Å². The average Bonchev–Trinajstić information content (AvgIpc) is 3.45. The summed E-state index contributed by atoms with van der Waals surface area (Å²) in [4.78, 5) is 25.6. The first-order valence-corrected chi connectivity index (χ1v) is 16.9. The van der Waals surface area contributed by atoms with Gasteiger partial charge in [-0.15, -0.1) is 0 Å². The van der Waals surface area contributed by atoms with Crippen molar-refractivity contribution in [1.29, 1.82) is 0 Å². The van der Waals surface area contributed by atoms with E-state index < -0.39 is 8.32 Å². The van der Waals surface area contributed by atoms with Gasteiger partial charge in [-0.3, -0.25) is 9.59 Å². The molecule has 0 aliphatic heterocycles. The third kappa shape index (κ3) is 6.15. The first-order chi connectivity index (χ1) is 19.6. The Labute approximate surface area is 249 Å². The molecule has 0 heterocycles. The van der Waals surface area contributed by atoms with E-state index in [2.05, 4.69) is 86.8 Å². The van der Waals surface area contributed by atoms with Crippen molar-refractivity contribution in [3.63, 3.8) is 0 Å². The molecule has 216 valence electrons. The van der Waals surface area contributed by atoms with Crippen molar-refractivity contribution in [2.24, 2.45) is 17.8 Å². The Bertz CT molecular complexity index is 1290. The maximum Gasteiger partial charge on any atom is 0.307 e. The number of hydrogen-bond donors (Lipinski definition) is 1. The molecule has 0 bridgehead atoms. The number of benzene rings is 3. The molecule has 7 heteroatoms. The highest BCUT2D eigenvalue weighted by molar-refractivity contribution is 6.99. The molecular formula is C34H40ClNO4Si. The molecule has 3 aromatic rings. The van der Waals surface area contributed by atoms with Crippen molar-refractivity contribution in [3.8, 4) is 0 Å². The SMILES string of the molecule is CCOC(=O)CC(NC(=O)c1ccc(Cl)cc1)C1[C@H]2CC(O[Si](c3ccccc3)(c3ccccc3)C(C)(C)C)C[C@@H]12. The fraction of sp³-hybridized carbons (Fsp3) is 0.412. The number of carbonyl (C=O) groups excluding carboxylic acids is 2. The van der Waals surface area contributed by atoms with Crippen LogP contribution in [-0.4, -0.2) is 38.9 Å². The second kappa shape index (κ2) is 12.1. The van der Waals surface area contributed by atoms with Gasteiger partial charge < -0.3 is 14.5 Å². The van der Waals surface area contributed by atoms with Gasteiger partial charge in [0.2, 0.25) is 0 Å². The molecule has 2 fully saturated rings. The second-order valence-electron chi connectivity index (χ2n) is 12.4. The Morgan fingerprint density at radius 1 is 0.902 bits per heavy atom. The Morgan fingerprint density at radius 2 is 1.44 bits per heavy atom. The molecular weight excluding hydrogens is 550 g/mol. The number of amides is 1. The standard InChI is InChI=1S/C34H40ClNO4Si/c1-5-39-31(37)22-30(36-33(38)23-16-18-24(35)19-17-23)32-28-20-25(21-29(28)32)40-41(34(2,3)4,26-12-8-6-9-13-26)27-14-10-7-11-15-27/h6-19,25,28-30,32H,5,20-22H2,1-4H3,(H,36,38)/t25?,28-,29+,30?,32?. The van der Waals surface area contributed by atoms with Crippen LogP contribution in [0.5, 0.6) is 0 Å². The van der Waals surface area contributed by atoms with Crippen molar-refractivity contribution in [1.82, 2.24) is 5.32 Å². The lowest BCUT2D eigenvalue weighted by atomic mass is 9.99. The van der Waals surface area contributed by atoms with Crippen LogP contribution in [-0.2, 0) is 14.0 Å². The number of carbonyl (C=O) groups is 2. The molecule has 0 aromatic heterocycles. The lowest BCUT2D eigenvalue weighted by Crippen LogP contribution is -2.67. The molecule has 5 atom stereocenters. The largest absolute Gasteiger partial charge is 0.466 e. The number of ether oxygens (including phenoxy) is 1. The predicted octanol–water partition coefficient (Wildman–Crippen LogP) is 5.99. The summed E-state index contributed by atoms with van der Waals surface area (Å²) in [5.41, 5.74) is 0.530. The summed E-state index contributed by atoms with van der Waals surface area (Å²) in [6.45, 7) is 9.04. The van der Waals surface area contributed by atoms with Crippen molar-refractivity contribution in [2.45, 2.75) is 64.1 Å². The first-order valence-electron chi connectivity index (χ1n) is 14.6. The van der Waals surface area contributed by atoms with Crippen LogP contribution >= 0.6 is 11.6 Å². The average molecular weight is 590 g/mol. The van der Waals surface area contributed by atoms with Gasteiger partial charge >= 0.3 is 5.97 Å². The van der Waals surface area contributed by atoms with Gasteiger partial charge in [0.15, 0.2) is 0 Å². The molecule has 0 radical (unpaired) electrons. The third-order valence-corrected chi connectivity index (χ3v) is 14.2. The quantitative estimate of drug-likeness (QED) is 0.233. The number of hydrogen-bond acceptors (Lipinski definition) is 4. The van der Waals surface area contributed by atoms with Crippen molar-refractivity contribution in [2.75, 3.05) is 6.61 Å². The highest BCUT2D eigenvalue weighted by atomic mass is 35.5. The fourth-order valence-electron chi connectivity index (χ4n) is 7.01. The number of rotatable bonds is 10. The topological polar surface area (TPSA) is 64.6 Å². The van der Waals surface area contributed by atoms with E-state index in [0.29, 0.717) is 29.0 Å². The highest BCUT2D eigenvalue weighted by Gasteiger charge is 2.62. The summed E-state index contributed by atoms with van der Waals surface area (Å²) >= 11 is 6.01. The van der Waals surface area contributed by atoms with Gasteiger partial charge in [0.1, 0.15) is 0 Å². The van der Waals surface area contributed by atoms with Crippen LogP contribution in [0.4, 0.5) is 0 Å². The third-order valence-electron chi connectivity index (χ3n) is 8.81. The first kappa shape index (κ1) is 29.6. The summed E-state index contributed by atoms with van der Waals surface area (Å²) in [5, 5.41) is 6.22. The van der Waals surface area contributed by atoms with Gasteiger partial charge in [-0.2, -0.15) is 0 Å². The molecule has 2 aliphatic rings. The molecule has 2 saturated carbocycles. The zero-order chi connectivity index (χ0) is 29.2. The van der Waals surface area contributed by atoms with E-state index in [-0.39, 0.29) is 41.4 Å². The van der Waals surface area contributed by atoms with E-state index in [1.165, 1.54) is 10.4 Å². The highest BCUT2D eigenvalue weighted by Crippen LogP contribution is 2.61. The van der Waals surface area contributed by atoms with Gasteiger partial charge in [-0.05, 0) is 77.2 Å². The Balaban J connectivity index is 1.35. The maximum absolute atomic E-state index is 13.1. The zero-order valence-electron chi connectivity index (χ0n) is 24.3. The zero-order valence-corrected chi connectivity index (χ0v) is 26.1. The number of halogens is 1. The minimum absolute atomic E-state index is 0.0825. The molecule has 41 heavy (non-hydrogen) atoms. The molecule has 5 nitrogen and oxygen atoms in total. The lowest BCUT2D eigenvalue weighted by molar-refractivity contribution is -0.143. The maximum atomic E-state index is 13.1. The number of esters is 1. The molecule has 5 rings (SSSR count). The monoisotopic (exact) mass is 589 g/mol. The minimum atomic E-state index is -2.64. The summed E-state index contributed by atoms with van der Waals surface area (Å²) in [6, 6.07) is 28.0. The van der Waals surface area contributed by atoms with Gasteiger partial charge in [0, 0.05) is 22.7 Å². The van der Waals surface area contributed by atoms with Crippen LogP contribution in [0, 0.1) is 17.8 Å². The van der Waals surface area contributed by atoms with Crippen LogP contribution in [0.1, 0.15) is 57.3 Å². The number of nitrogens with one attached hydrogen (secondary N) is 1. The van der Waals surface area contributed by atoms with Crippen molar-refractivity contribution >= 4 is 42.2 Å². The molecule has 0 saturated heterocycles. The summed E-state index contributed by atoms with van der Waals surface area (Å²) in [5.74, 6) is 0.570. The second-order valence-corrected chi connectivity index (χ2v) is 17.1. The predicted molar refractivity (Wildman–Crippen MR) is 166 cm³/mol. The number of fused-ring (bicyclic) bond motifs is 1. The fourth-order valence-corrected chi connectivity index (χ4v) is 11.8. The molecule has 2 aliphatic carbocycles. The van der Waals surface area contributed by atoms with Crippen molar-refractivity contribution < 1.29 is 18.8 Å². The van der Waals surface area contributed by atoms with Crippen LogP contribution in [0.2, 0.25) is 10.1 Å². The Morgan fingerprint density at radius 3 is 1.93 bits per heavy atom. The van der Waals surface area contributed by atoms with Crippen molar-refractivity contribution in [3.05, 3.63) is 95.5 Å². The van der Waals surface area contributed by atoms with E-state index in [4.69, 9.17) is 20.8 Å². The van der Waals surface area contributed by atoms with E-state index in [1.54, 1.807) is 31.2 Å². The van der Waals surface area contributed by atoms with Crippen LogP contribution < -0.4 is 15.7 Å². The molecule has 3 aromatic carbocycles. The van der Waals surface area contributed by atoms with E-state index in [0.717, 1.165) is 12.8 Å². The normalized spacial score (nSPS) is 22.5. The summed E-state index contributed by atoms with van der Waals surface area (Å²) in [6.07, 6.45) is 2.15. The minimum Gasteiger partial charge on any atom is -0.466 e. The van der Waals surface area contributed by atoms with Crippen LogP contribution in [0.3, 0.4) is 0 Å². The lowest BCUT2D eigenvalue weighted by Gasteiger charge is -2.45. The van der Waals surface area contributed by atoms with E-state index >= 15 is 0 Å².